The molecule has 1 aliphatic heterocycles. The summed E-state index contributed by atoms with van der Waals surface area (Å²) in [4.78, 5) is 13.1. The first-order valence-corrected chi connectivity index (χ1v) is 4.75. The van der Waals surface area contributed by atoms with Gasteiger partial charge in [-0.3, -0.25) is 4.79 Å². The van der Waals surface area contributed by atoms with Crippen molar-refractivity contribution in [3.05, 3.63) is 12.7 Å². The Hall–Kier alpha value is -0.830. The van der Waals surface area contributed by atoms with Crippen LogP contribution in [-0.2, 0) is 4.79 Å². The molecule has 0 saturated carbocycles. The molecule has 3 heteroatoms. The van der Waals surface area contributed by atoms with Gasteiger partial charge in [0.15, 0.2) is 0 Å². The third-order valence-electron chi connectivity index (χ3n) is 2.48. The molecular weight excluding hydrogens is 166 g/mol. The minimum Gasteiger partial charge on any atom is -0.391 e. The van der Waals surface area contributed by atoms with Crippen LogP contribution in [0.15, 0.2) is 12.7 Å². The van der Waals surface area contributed by atoms with Gasteiger partial charge in [0.05, 0.1) is 6.10 Å². The van der Waals surface area contributed by atoms with Crippen LogP contribution in [0, 0.1) is 5.92 Å². The van der Waals surface area contributed by atoms with Crippen LogP contribution in [0.4, 0.5) is 0 Å². The maximum atomic E-state index is 11.4. The molecule has 1 fully saturated rings. The Morgan fingerprint density at radius 1 is 1.85 bits per heavy atom. The lowest BCUT2D eigenvalue weighted by Gasteiger charge is -2.19. The van der Waals surface area contributed by atoms with Crippen molar-refractivity contribution in [2.45, 2.75) is 25.9 Å². The molecule has 0 aromatic rings. The van der Waals surface area contributed by atoms with Crippen LogP contribution in [-0.4, -0.2) is 35.1 Å². The molecule has 0 aromatic carbocycles. The van der Waals surface area contributed by atoms with E-state index in [1.807, 2.05) is 13.0 Å². The molecule has 1 heterocycles. The zero-order valence-electron chi connectivity index (χ0n) is 8.07. The summed E-state index contributed by atoms with van der Waals surface area (Å²) >= 11 is 0. The van der Waals surface area contributed by atoms with Gasteiger partial charge in [0.25, 0.3) is 0 Å². The molecule has 0 spiro atoms. The zero-order chi connectivity index (χ0) is 9.84. The van der Waals surface area contributed by atoms with E-state index in [9.17, 15) is 9.90 Å². The quantitative estimate of drug-likeness (QED) is 0.655. The normalized spacial score (nSPS) is 24.9. The Kier molecular flexibility index (Phi) is 3.48. The third-order valence-corrected chi connectivity index (χ3v) is 2.48. The summed E-state index contributed by atoms with van der Waals surface area (Å²) in [7, 11) is 0. The van der Waals surface area contributed by atoms with Crippen LogP contribution in [0.5, 0.6) is 0 Å². The molecule has 2 unspecified atom stereocenters. The SMILES string of the molecule is C=CC1CC(=O)N(CC(O)CC)C1. The highest BCUT2D eigenvalue weighted by atomic mass is 16.3. The topological polar surface area (TPSA) is 40.5 Å². The fraction of sp³-hybridized carbons (Fsp3) is 0.700. The van der Waals surface area contributed by atoms with Crippen molar-refractivity contribution >= 4 is 5.91 Å². The molecule has 1 rings (SSSR count). The maximum absolute atomic E-state index is 11.4. The van der Waals surface area contributed by atoms with Crippen molar-refractivity contribution in [3.8, 4) is 0 Å². The molecule has 0 aliphatic carbocycles. The van der Waals surface area contributed by atoms with Crippen LogP contribution in [0.3, 0.4) is 0 Å². The van der Waals surface area contributed by atoms with Gasteiger partial charge >= 0.3 is 0 Å². The van der Waals surface area contributed by atoms with Gasteiger partial charge in [0, 0.05) is 25.4 Å². The predicted molar refractivity (Wildman–Crippen MR) is 51.2 cm³/mol. The first-order chi connectivity index (χ1) is 6.17. The van der Waals surface area contributed by atoms with E-state index in [0.29, 0.717) is 19.4 Å². The van der Waals surface area contributed by atoms with Gasteiger partial charge in [0.1, 0.15) is 0 Å². The van der Waals surface area contributed by atoms with Crippen molar-refractivity contribution in [1.82, 2.24) is 4.90 Å². The molecule has 74 valence electrons. The zero-order valence-corrected chi connectivity index (χ0v) is 8.07. The van der Waals surface area contributed by atoms with E-state index in [-0.39, 0.29) is 17.9 Å². The molecule has 0 bridgehead atoms. The lowest BCUT2D eigenvalue weighted by Crippen LogP contribution is -2.33. The Balaban J connectivity index is 2.43. The predicted octanol–water partition coefficient (Wildman–Crippen LogP) is 0.792. The number of hydrogen-bond acceptors (Lipinski definition) is 2. The molecule has 13 heavy (non-hydrogen) atoms. The summed E-state index contributed by atoms with van der Waals surface area (Å²) < 4.78 is 0. The van der Waals surface area contributed by atoms with Crippen LogP contribution in [0.25, 0.3) is 0 Å². The molecule has 1 aliphatic rings. The van der Waals surface area contributed by atoms with E-state index in [4.69, 9.17) is 0 Å². The van der Waals surface area contributed by atoms with Crippen molar-refractivity contribution in [3.63, 3.8) is 0 Å². The Morgan fingerprint density at radius 2 is 2.54 bits per heavy atom. The van der Waals surface area contributed by atoms with E-state index in [0.717, 1.165) is 6.54 Å². The Bertz CT molecular complexity index is 203. The molecule has 0 radical (unpaired) electrons. The first kappa shape index (κ1) is 10.3. The second-order valence-corrected chi connectivity index (χ2v) is 3.56. The standard InChI is InChI=1S/C10H17NO2/c1-3-8-5-10(13)11(6-8)7-9(12)4-2/h3,8-9,12H,1,4-7H2,2H3. The van der Waals surface area contributed by atoms with Crippen molar-refractivity contribution in [1.29, 1.82) is 0 Å². The average Bonchev–Trinajstić information content (AvgIpc) is 2.47. The van der Waals surface area contributed by atoms with Gasteiger partial charge < -0.3 is 10.0 Å². The number of carbonyl (C=O) groups is 1. The third kappa shape index (κ3) is 2.56. The highest BCUT2D eigenvalue weighted by Gasteiger charge is 2.28. The van der Waals surface area contributed by atoms with E-state index in [1.54, 1.807) is 4.90 Å². The van der Waals surface area contributed by atoms with Gasteiger partial charge in [-0.2, -0.15) is 0 Å². The largest absolute Gasteiger partial charge is 0.391 e. The number of amides is 1. The van der Waals surface area contributed by atoms with E-state index < -0.39 is 0 Å². The molecule has 3 nitrogen and oxygen atoms in total. The minimum absolute atomic E-state index is 0.136. The first-order valence-electron chi connectivity index (χ1n) is 4.75. The molecule has 1 amide bonds. The number of β-amino-alcohol motifs (C(OH)–C–C–N with tert-alkyl or cyclic N) is 1. The smallest absolute Gasteiger partial charge is 0.223 e. The second kappa shape index (κ2) is 4.42. The van der Waals surface area contributed by atoms with Gasteiger partial charge in [-0.15, -0.1) is 6.58 Å². The van der Waals surface area contributed by atoms with E-state index in [1.165, 1.54) is 0 Å². The molecule has 0 aromatic heterocycles. The molecule has 1 N–H and O–H groups in total. The second-order valence-electron chi connectivity index (χ2n) is 3.56. The number of carbonyl (C=O) groups excluding carboxylic acids is 1. The lowest BCUT2D eigenvalue weighted by molar-refractivity contribution is -0.128. The van der Waals surface area contributed by atoms with Crippen molar-refractivity contribution in [2.24, 2.45) is 5.92 Å². The number of likely N-dealkylation sites (tertiary alicyclic amines) is 1. The summed E-state index contributed by atoms with van der Waals surface area (Å²) in [6, 6.07) is 0. The van der Waals surface area contributed by atoms with Gasteiger partial charge in [-0.1, -0.05) is 13.0 Å². The summed E-state index contributed by atoms with van der Waals surface area (Å²) in [5, 5.41) is 9.38. The van der Waals surface area contributed by atoms with Crippen LogP contribution in [0.2, 0.25) is 0 Å². The molecule has 1 saturated heterocycles. The number of hydrogen-bond donors (Lipinski definition) is 1. The summed E-state index contributed by atoms with van der Waals surface area (Å²) in [6.45, 7) is 6.78. The number of nitrogens with zero attached hydrogens (tertiary/aromatic N) is 1. The molecule has 2 atom stereocenters. The number of rotatable bonds is 4. The number of aliphatic hydroxyl groups is 1. The summed E-state index contributed by atoms with van der Waals surface area (Å²) in [5.41, 5.74) is 0. The fourth-order valence-electron chi connectivity index (χ4n) is 1.52. The highest BCUT2D eigenvalue weighted by Crippen LogP contribution is 2.18. The molecular formula is C10H17NO2. The van der Waals surface area contributed by atoms with Crippen LogP contribution >= 0.6 is 0 Å². The monoisotopic (exact) mass is 183 g/mol. The van der Waals surface area contributed by atoms with E-state index in [2.05, 4.69) is 6.58 Å². The highest BCUT2D eigenvalue weighted by molar-refractivity contribution is 5.79. The maximum Gasteiger partial charge on any atom is 0.223 e. The summed E-state index contributed by atoms with van der Waals surface area (Å²) in [5.74, 6) is 0.411. The lowest BCUT2D eigenvalue weighted by atomic mass is 10.1. The Labute approximate surface area is 79.0 Å². The van der Waals surface area contributed by atoms with Crippen molar-refractivity contribution < 1.29 is 9.90 Å². The van der Waals surface area contributed by atoms with Gasteiger partial charge in [-0.25, -0.2) is 0 Å². The average molecular weight is 183 g/mol. The fourth-order valence-corrected chi connectivity index (χ4v) is 1.52. The minimum atomic E-state index is -0.382. The van der Waals surface area contributed by atoms with E-state index >= 15 is 0 Å². The van der Waals surface area contributed by atoms with Crippen LogP contribution < -0.4 is 0 Å². The number of aliphatic hydroxyl groups excluding tert-OH is 1. The van der Waals surface area contributed by atoms with Gasteiger partial charge in [0.2, 0.25) is 5.91 Å². The van der Waals surface area contributed by atoms with Gasteiger partial charge in [-0.05, 0) is 6.42 Å². The van der Waals surface area contributed by atoms with Crippen LogP contribution in [0.1, 0.15) is 19.8 Å². The summed E-state index contributed by atoms with van der Waals surface area (Å²) in [6.07, 6.45) is 2.69. The Morgan fingerprint density at radius 3 is 3.00 bits per heavy atom. The van der Waals surface area contributed by atoms with Crippen molar-refractivity contribution in [2.75, 3.05) is 13.1 Å².